The summed E-state index contributed by atoms with van der Waals surface area (Å²) in [7, 11) is 0. The van der Waals surface area contributed by atoms with Gasteiger partial charge in [-0.15, -0.1) is 0 Å². The molecule has 0 aliphatic rings. The molecule has 0 N–H and O–H groups in total. The lowest BCUT2D eigenvalue weighted by Crippen LogP contribution is -2.05. The number of benzene rings is 2. The normalized spacial score (nSPS) is 11.6. The van der Waals surface area contributed by atoms with E-state index in [9.17, 15) is 4.79 Å². The third-order valence-electron chi connectivity index (χ3n) is 3.75. The van der Waals surface area contributed by atoms with E-state index >= 15 is 0 Å². The van der Waals surface area contributed by atoms with Gasteiger partial charge in [-0.2, -0.15) is 0 Å². The van der Waals surface area contributed by atoms with Gasteiger partial charge in [0.1, 0.15) is 11.5 Å². The number of rotatable bonds is 6. The van der Waals surface area contributed by atoms with Gasteiger partial charge in [-0.25, -0.2) is 0 Å². The number of hydrogen-bond donors (Lipinski definition) is 0. The Labute approximate surface area is 151 Å². The molecule has 0 aromatic heterocycles. The molecule has 0 saturated heterocycles. The monoisotopic (exact) mass is 334 g/mol. The van der Waals surface area contributed by atoms with Gasteiger partial charge in [-0.05, 0) is 75.1 Å². The zero-order valence-electron chi connectivity index (χ0n) is 15.5. The number of ether oxygens (including phenoxy) is 1. The predicted molar refractivity (Wildman–Crippen MR) is 103 cm³/mol. The first-order valence-corrected chi connectivity index (χ1v) is 8.79. The number of carbonyl (C=O) groups excluding carboxylic acids is 1. The third kappa shape index (κ3) is 6.85. The molecule has 2 aromatic carbocycles. The second-order valence-corrected chi connectivity index (χ2v) is 6.85. The van der Waals surface area contributed by atoms with Crippen LogP contribution in [0.1, 0.15) is 50.8 Å². The molecule has 0 bridgehead atoms. The molecule has 0 amide bonds. The van der Waals surface area contributed by atoms with E-state index in [0.29, 0.717) is 12.3 Å². The van der Waals surface area contributed by atoms with Gasteiger partial charge in [0.05, 0.1) is 6.10 Å². The van der Waals surface area contributed by atoms with Crippen molar-refractivity contribution in [1.82, 2.24) is 0 Å². The van der Waals surface area contributed by atoms with Crippen molar-refractivity contribution < 1.29 is 9.53 Å². The first-order valence-electron chi connectivity index (χ1n) is 8.79. The smallest absolute Gasteiger partial charge is 0.130 e. The fourth-order valence-electron chi connectivity index (χ4n) is 2.72. The lowest BCUT2D eigenvalue weighted by molar-refractivity contribution is -0.117. The topological polar surface area (TPSA) is 26.3 Å². The van der Waals surface area contributed by atoms with E-state index < -0.39 is 0 Å². The molecular formula is C23H26O2. The maximum Gasteiger partial charge on any atom is 0.130 e. The Hall–Kier alpha value is -2.53. The maximum absolute atomic E-state index is 11.2. The highest BCUT2D eigenvalue weighted by molar-refractivity contribution is 5.75. The van der Waals surface area contributed by atoms with Crippen molar-refractivity contribution in [2.75, 3.05) is 0 Å². The lowest BCUT2D eigenvalue weighted by atomic mass is 9.96. The molecule has 0 radical (unpaired) electrons. The summed E-state index contributed by atoms with van der Waals surface area (Å²) in [5.41, 5.74) is 3.20. The summed E-state index contributed by atoms with van der Waals surface area (Å²) in [6, 6.07) is 16.1. The summed E-state index contributed by atoms with van der Waals surface area (Å²) in [5.74, 6) is 7.86. The summed E-state index contributed by atoms with van der Waals surface area (Å²) in [6.07, 6.45) is 1.73. The summed E-state index contributed by atoms with van der Waals surface area (Å²) in [5, 5.41) is 0. The minimum atomic E-state index is 0.175. The molecule has 25 heavy (non-hydrogen) atoms. The van der Waals surface area contributed by atoms with E-state index in [1.165, 1.54) is 5.56 Å². The molecule has 130 valence electrons. The first-order chi connectivity index (χ1) is 11.9. The fourth-order valence-corrected chi connectivity index (χ4v) is 2.72. The SMILES string of the molecule is CC(=O)CC(C)Cc1ccc(C#Cc2ccc(OC(C)C)cc2)cc1. The second-order valence-electron chi connectivity index (χ2n) is 6.85. The molecule has 0 heterocycles. The van der Waals surface area contributed by atoms with Crippen LogP contribution in [-0.2, 0) is 11.2 Å². The summed E-state index contributed by atoms with van der Waals surface area (Å²) in [6.45, 7) is 7.79. The maximum atomic E-state index is 11.2. The highest BCUT2D eigenvalue weighted by Crippen LogP contribution is 2.14. The van der Waals surface area contributed by atoms with Gasteiger partial charge in [0, 0.05) is 17.5 Å². The van der Waals surface area contributed by atoms with Crippen LogP contribution in [0.5, 0.6) is 5.75 Å². The van der Waals surface area contributed by atoms with Crippen LogP contribution in [0.25, 0.3) is 0 Å². The second kappa shape index (κ2) is 9.08. The molecule has 0 saturated carbocycles. The van der Waals surface area contributed by atoms with Gasteiger partial charge >= 0.3 is 0 Å². The quantitative estimate of drug-likeness (QED) is 0.693. The zero-order valence-corrected chi connectivity index (χ0v) is 15.5. The van der Waals surface area contributed by atoms with Crippen LogP contribution < -0.4 is 4.74 Å². The van der Waals surface area contributed by atoms with Crippen molar-refractivity contribution in [3.05, 3.63) is 65.2 Å². The van der Waals surface area contributed by atoms with E-state index in [0.717, 1.165) is 23.3 Å². The Balaban J connectivity index is 1.97. The highest BCUT2D eigenvalue weighted by atomic mass is 16.5. The Bertz CT molecular complexity index is 743. The van der Waals surface area contributed by atoms with Gasteiger partial charge in [-0.1, -0.05) is 30.9 Å². The van der Waals surface area contributed by atoms with Crippen molar-refractivity contribution in [3.63, 3.8) is 0 Å². The van der Waals surface area contributed by atoms with Gasteiger partial charge in [0.25, 0.3) is 0 Å². The molecule has 0 spiro atoms. The number of Topliss-reactive ketones (excluding diaryl/α,β-unsaturated/α-hetero) is 1. The Morgan fingerprint density at radius 2 is 1.44 bits per heavy atom. The average molecular weight is 334 g/mol. The van der Waals surface area contributed by atoms with Crippen LogP contribution in [0.2, 0.25) is 0 Å². The molecule has 0 aliphatic heterocycles. The molecule has 0 fully saturated rings. The number of hydrogen-bond acceptors (Lipinski definition) is 2. The van der Waals surface area contributed by atoms with Crippen molar-refractivity contribution >= 4 is 5.78 Å². The van der Waals surface area contributed by atoms with Crippen LogP contribution >= 0.6 is 0 Å². The molecule has 1 atom stereocenters. The van der Waals surface area contributed by atoms with E-state index in [4.69, 9.17) is 4.74 Å². The molecule has 2 aromatic rings. The van der Waals surface area contributed by atoms with Crippen LogP contribution in [0.15, 0.2) is 48.5 Å². The molecule has 2 heteroatoms. The standard InChI is InChI=1S/C23H26O2/c1-17(2)25-23-13-11-21(12-14-23)6-5-20-7-9-22(10-8-20)16-18(3)15-19(4)24/h7-14,17-18H,15-16H2,1-4H3. The summed E-state index contributed by atoms with van der Waals surface area (Å²) in [4.78, 5) is 11.2. The van der Waals surface area contributed by atoms with Gasteiger partial charge in [0.2, 0.25) is 0 Å². The van der Waals surface area contributed by atoms with E-state index in [1.807, 2.05) is 50.2 Å². The van der Waals surface area contributed by atoms with E-state index in [1.54, 1.807) is 6.92 Å². The van der Waals surface area contributed by atoms with Crippen molar-refractivity contribution in [3.8, 4) is 17.6 Å². The summed E-state index contributed by atoms with van der Waals surface area (Å²) >= 11 is 0. The lowest BCUT2D eigenvalue weighted by Gasteiger charge is -2.09. The molecular weight excluding hydrogens is 308 g/mol. The number of carbonyl (C=O) groups is 1. The van der Waals surface area contributed by atoms with Gasteiger partial charge in [0.15, 0.2) is 0 Å². The fraction of sp³-hybridized carbons (Fsp3) is 0.348. The van der Waals surface area contributed by atoms with Crippen molar-refractivity contribution in [2.24, 2.45) is 5.92 Å². The predicted octanol–water partition coefficient (Wildman–Crippen LogP) is 5.03. The van der Waals surface area contributed by atoms with Crippen molar-refractivity contribution in [1.29, 1.82) is 0 Å². The van der Waals surface area contributed by atoms with Gasteiger partial charge in [-0.3, -0.25) is 0 Å². The minimum Gasteiger partial charge on any atom is -0.491 e. The van der Waals surface area contributed by atoms with Crippen LogP contribution in [-0.4, -0.2) is 11.9 Å². The first kappa shape index (κ1) is 18.8. The summed E-state index contributed by atoms with van der Waals surface area (Å²) < 4.78 is 5.63. The molecule has 1 unspecified atom stereocenters. The average Bonchev–Trinajstić information content (AvgIpc) is 2.54. The molecule has 0 aliphatic carbocycles. The van der Waals surface area contributed by atoms with E-state index in [2.05, 4.69) is 30.9 Å². The largest absolute Gasteiger partial charge is 0.491 e. The Morgan fingerprint density at radius 3 is 1.92 bits per heavy atom. The molecule has 2 rings (SSSR count). The zero-order chi connectivity index (χ0) is 18.2. The van der Waals surface area contributed by atoms with Crippen molar-refractivity contribution in [2.45, 2.75) is 46.6 Å². The van der Waals surface area contributed by atoms with Crippen LogP contribution in [0.4, 0.5) is 0 Å². The van der Waals surface area contributed by atoms with E-state index in [-0.39, 0.29) is 11.9 Å². The van der Waals surface area contributed by atoms with Crippen LogP contribution in [0, 0.1) is 17.8 Å². The third-order valence-corrected chi connectivity index (χ3v) is 3.75. The number of ketones is 1. The molecule has 2 nitrogen and oxygen atoms in total. The highest BCUT2D eigenvalue weighted by Gasteiger charge is 2.06. The Morgan fingerprint density at radius 1 is 0.920 bits per heavy atom. The minimum absolute atomic E-state index is 0.175. The van der Waals surface area contributed by atoms with Crippen LogP contribution in [0.3, 0.4) is 0 Å². The Kier molecular flexibility index (Phi) is 6.83. The van der Waals surface area contributed by atoms with Gasteiger partial charge < -0.3 is 9.53 Å².